The van der Waals surface area contributed by atoms with E-state index in [1.807, 2.05) is 12.1 Å². The summed E-state index contributed by atoms with van der Waals surface area (Å²) >= 11 is 0. The Morgan fingerprint density at radius 1 is 1.07 bits per heavy atom. The van der Waals surface area contributed by atoms with E-state index in [4.69, 9.17) is 15.6 Å². The zero-order chi connectivity index (χ0) is 11.5. The molecule has 0 fully saturated rings. The summed E-state index contributed by atoms with van der Waals surface area (Å²) < 4.78 is 0. The van der Waals surface area contributed by atoms with E-state index in [1.165, 1.54) is 0 Å². The third-order valence-electron chi connectivity index (χ3n) is 2.20. The summed E-state index contributed by atoms with van der Waals surface area (Å²) in [5.41, 5.74) is 0. The standard InChI is InChI=1S/C11H16N2O2/c12-8-10(9-13)6-4-2-1-3-5-7-11(14)15/h10H,1-7H2,(H,14,15). The minimum atomic E-state index is -0.746. The summed E-state index contributed by atoms with van der Waals surface area (Å²) in [7, 11) is 0. The van der Waals surface area contributed by atoms with E-state index in [-0.39, 0.29) is 6.42 Å². The largest absolute Gasteiger partial charge is 0.481 e. The van der Waals surface area contributed by atoms with Crippen LogP contribution in [-0.2, 0) is 4.79 Å². The number of rotatable bonds is 8. The lowest BCUT2D eigenvalue weighted by Crippen LogP contribution is -1.94. The van der Waals surface area contributed by atoms with E-state index in [0.717, 1.165) is 32.1 Å². The molecular formula is C11H16N2O2. The van der Waals surface area contributed by atoms with Gasteiger partial charge in [0.15, 0.2) is 0 Å². The van der Waals surface area contributed by atoms with Crippen molar-refractivity contribution in [3.63, 3.8) is 0 Å². The number of unbranched alkanes of at least 4 members (excludes halogenated alkanes) is 4. The van der Waals surface area contributed by atoms with Crippen molar-refractivity contribution in [2.45, 2.75) is 44.9 Å². The molecule has 4 heteroatoms. The molecule has 0 heterocycles. The quantitative estimate of drug-likeness (QED) is 0.621. The molecular weight excluding hydrogens is 192 g/mol. The molecule has 82 valence electrons. The Bertz CT molecular complexity index is 249. The lowest BCUT2D eigenvalue weighted by Gasteiger charge is -2.00. The predicted molar refractivity (Wildman–Crippen MR) is 54.7 cm³/mol. The fourth-order valence-electron chi connectivity index (χ4n) is 1.31. The minimum absolute atomic E-state index is 0.235. The van der Waals surface area contributed by atoms with Crippen LogP contribution in [0.2, 0.25) is 0 Å². The van der Waals surface area contributed by atoms with Crippen LogP contribution >= 0.6 is 0 Å². The van der Waals surface area contributed by atoms with Crippen LogP contribution in [0.15, 0.2) is 0 Å². The molecule has 0 spiro atoms. The van der Waals surface area contributed by atoms with Gasteiger partial charge < -0.3 is 5.11 Å². The van der Waals surface area contributed by atoms with Crippen LogP contribution in [0, 0.1) is 28.6 Å². The van der Waals surface area contributed by atoms with Gasteiger partial charge in [0, 0.05) is 6.42 Å². The molecule has 0 unspecified atom stereocenters. The van der Waals surface area contributed by atoms with Gasteiger partial charge in [-0.2, -0.15) is 10.5 Å². The number of hydrogen-bond donors (Lipinski definition) is 1. The molecule has 0 saturated heterocycles. The Kier molecular flexibility index (Phi) is 8.09. The number of hydrogen-bond acceptors (Lipinski definition) is 3. The minimum Gasteiger partial charge on any atom is -0.481 e. The van der Waals surface area contributed by atoms with Gasteiger partial charge in [0.2, 0.25) is 0 Å². The molecule has 4 nitrogen and oxygen atoms in total. The van der Waals surface area contributed by atoms with Crippen LogP contribution in [0.5, 0.6) is 0 Å². The van der Waals surface area contributed by atoms with Crippen LogP contribution in [-0.4, -0.2) is 11.1 Å². The topological polar surface area (TPSA) is 84.9 Å². The van der Waals surface area contributed by atoms with Crippen LogP contribution in [0.3, 0.4) is 0 Å². The van der Waals surface area contributed by atoms with E-state index < -0.39 is 11.9 Å². The molecule has 0 aliphatic rings. The van der Waals surface area contributed by atoms with Crippen molar-refractivity contribution in [1.29, 1.82) is 10.5 Å². The maximum atomic E-state index is 10.2. The third-order valence-corrected chi connectivity index (χ3v) is 2.20. The maximum Gasteiger partial charge on any atom is 0.303 e. The first-order valence-corrected chi connectivity index (χ1v) is 5.21. The number of nitriles is 2. The van der Waals surface area contributed by atoms with E-state index in [1.54, 1.807) is 0 Å². The molecule has 0 atom stereocenters. The molecule has 0 aromatic heterocycles. The molecule has 0 bridgehead atoms. The highest BCUT2D eigenvalue weighted by Crippen LogP contribution is 2.11. The first-order chi connectivity index (χ1) is 7.20. The fraction of sp³-hybridized carbons (Fsp3) is 0.727. The van der Waals surface area contributed by atoms with Crippen LogP contribution in [0.4, 0.5) is 0 Å². The van der Waals surface area contributed by atoms with Gasteiger partial charge in [-0.25, -0.2) is 0 Å². The van der Waals surface area contributed by atoms with Crippen molar-refractivity contribution in [2.24, 2.45) is 5.92 Å². The zero-order valence-corrected chi connectivity index (χ0v) is 8.78. The third kappa shape index (κ3) is 8.77. The number of carboxylic acids is 1. The van der Waals surface area contributed by atoms with Crippen LogP contribution in [0.1, 0.15) is 44.9 Å². The molecule has 0 aromatic rings. The monoisotopic (exact) mass is 208 g/mol. The highest BCUT2D eigenvalue weighted by molar-refractivity contribution is 5.66. The first kappa shape index (κ1) is 13.4. The van der Waals surface area contributed by atoms with E-state index in [0.29, 0.717) is 6.42 Å². The lowest BCUT2D eigenvalue weighted by atomic mass is 10.0. The van der Waals surface area contributed by atoms with Crippen molar-refractivity contribution >= 4 is 5.97 Å². The van der Waals surface area contributed by atoms with Crippen molar-refractivity contribution in [1.82, 2.24) is 0 Å². The summed E-state index contributed by atoms with van der Waals surface area (Å²) in [6.07, 6.45) is 5.32. The van der Waals surface area contributed by atoms with Crippen LogP contribution < -0.4 is 0 Å². The van der Waals surface area contributed by atoms with E-state index in [2.05, 4.69) is 0 Å². The highest BCUT2D eigenvalue weighted by Gasteiger charge is 2.03. The molecule has 0 rings (SSSR count). The summed E-state index contributed by atoms with van der Waals surface area (Å²) in [6, 6.07) is 3.86. The SMILES string of the molecule is N#CC(C#N)CCCCCCCC(=O)O. The molecule has 0 aromatic carbocycles. The molecule has 15 heavy (non-hydrogen) atoms. The molecule has 0 amide bonds. The molecule has 0 aliphatic heterocycles. The van der Waals surface area contributed by atoms with Gasteiger partial charge >= 0.3 is 5.97 Å². The number of carboxylic acid groups (broad SMARTS) is 1. The van der Waals surface area contributed by atoms with Gasteiger partial charge in [-0.15, -0.1) is 0 Å². The van der Waals surface area contributed by atoms with Crippen molar-refractivity contribution in [3.8, 4) is 12.1 Å². The summed E-state index contributed by atoms with van der Waals surface area (Å²) in [6.45, 7) is 0. The Labute approximate surface area is 90.1 Å². The van der Waals surface area contributed by atoms with E-state index in [9.17, 15) is 4.79 Å². The molecule has 1 N–H and O–H groups in total. The van der Waals surface area contributed by atoms with Gasteiger partial charge in [-0.3, -0.25) is 4.79 Å². The average molecular weight is 208 g/mol. The molecule has 0 saturated carbocycles. The van der Waals surface area contributed by atoms with Crippen molar-refractivity contribution in [3.05, 3.63) is 0 Å². The second-order valence-electron chi connectivity index (χ2n) is 3.51. The highest BCUT2D eigenvalue weighted by atomic mass is 16.4. The number of nitrogens with zero attached hydrogens (tertiary/aromatic N) is 2. The average Bonchev–Trinajstić information content (AvgIpc) is 2.22. The predicted octanol–water partition coefficient (Wildman–Crippen LogP) is 2.47. The first-order valence-electron chi connectivity index (χ1n) is 5.21. The maximum absolute atomic E-state index is 10.2. The Balaban J connectivity index is 3.23. The summed E-state index contributed by atoms with van der Waals surface area (Å²) in [5, 5.41) is 25.4. The van der Waals surface area contributed by atoms with Gasteiger partial charge in [0.1, 0.15) is 5.92 Å². The number of carbonyl (C=O) groups is 1. The van der Waals surface area contributed by atoms with E-state index >= 15 is 0 Å². The van der Waals surface area contributed by atoms with Gasteiger partial charge in [-0.1, -0.05) is 25.7 Å². The molecule has 0 radical (unpaired) electrons. The van der Waals surface area contributed by atoms with Gasteiger partial charge in [0.05, 0.1) is 12.1 Å². The van der Waals surface area contributed by atoms with Crippen molar-refractivity contribution < 1.29 is 9.90 Å². The Morgan fingerprint density at radius 3 is 2.13 bits per heavy atom. The Hall–Kier alpha value is -1.55. The fourth-order valence-corrected chi connectivity index (χ4v) is 1.31. The van der Waals surface area contributed by atoms with Crippen molar-refractivity contribution in [2.75, 3.05) is 0 Å². The lowest BCUT2D eigenvalue weighted by molar-refractivity contribution is -0.137. The summed E-state index contributed by atoms with van der Waals surface area (Å²) in [4.78, 5) is 10.2. The Morgan fingerprint density at radius 2 is 1.60 bits per heavy atom. The normalized spacial score (nSPS) is 9.53. The molecule has 0 aliphatic carbocycles. The second kappa shape index (κ2) is 9.02. The van der Waals surface area contributed by atoms with Crippen LogP contribution in [0.25, 0.3) is 0 Å². The smallest absolute Gasteiger partial charge is 0.303 e. The summed E-state index contributed by atoms with van der Waals surface area (Å²) in [5.74, 6) is -1.23. The number of aliphatic carboxylic acids is 1. The zero-order valence-electron chi connectivity index (χ0n) is 8.78. The second-order valence-corrected chi connectivity index (χ2v) is 3.51. The van der Waals surface area contributed by atoms with Gasteiger partial charge in [-0.05, 0) is 12.8 Å². The van der Waals surface area contributed by atoms with Gasteiger partial charge in [0.25, 0.3) is 0 Å².